The number of ether oxygens (including phenoxy) is 2. The highest BCUT2D eigenvalue weighted by Crippen LogP contribution is 2.30. The summed E-state index contributed by atoms with van der Waals surface area (Å²) in [5.41, 5.74) is 1.92. The van der Waals surface area contributed by atoms with Crippen molar-refractivity contribution in [3.05, 3.63) is 90.0 Å². The fourth-order valence-electron chi connectivity index (χ4n) is 3.01. The highest BCUT2D eigenvalue weighted by atomic mass is 32.2. The number of hydrogen-bond donors (Lipinski definition) is 1. The molecule has 3 aromatic carbocycles. The standard InChI is InChI=1S/C22H23NO4S/c1-26-19-13-14-21(27-2)22(16-19)28(24,25)23-20(18-11-7-4-8-12-18)15-17-9-5-3-6-10-17/h3-14,16,20,23H,15H2,1-2H3. The van der Waals surface area contributed by atoms with Gasteiger partial charge in [0.05, 0.1) is 20.3 Å². The van der Waals surface area contributed by atoms with Gasteiger partial charge in [0, 0.05) is 6.07 Å². The van der Waals surface area contributed by atoms with Crippen LogP contribution < -0.4 is 14.2 Å². The van der Waals surface area contributed by atoms with Crippen molar-refractivity contribution in [2.75, 3.05) is 14.2 Å². The van der Waals surface area contributed by atoms with E-state index in [0.29, 0.717) is 12.2 Å². The molecule has 1 N–H and O–H groups in total. The first-order valence-corrected chi connectivity index (χ1v) is 10.3. The molecule has 0 saturated carbocycles. The zero-order chi connectivity index (χ0) is 20.0. The lowest BCUT2D eigenvalue weighted by Crippen LogP contribution is -2.30. The van der Waals surface area contributed by atoms with E-state index < -0.39 is 16.1 Å². The number of nitrogens with one attached hydrogen (secondary N) is 1. The summed E-state index contributed by atoms with van der Waals surface area (Å²) in [6.45, 7) is 0. The van der Waals surface area contributed by atoms with Gasteiger partial charge in [0.2, 0.25) is 10.0 Å². The molecular formula is C22H23NO4S. The van der Waals surface area contributed by atoms with Crippen LogP contribution in [0.4, 0.5) is 0 Å². The van der Waals surface area contributed by atoms with Crippen LogP contribution in [0.25, 0.3) is 0 Å². The third-order valence-electron chi connectivity index (χ3n) is 4.44. The Balaban J connectivity index is 1.98. The van der Waals surface area contributed by atoms with E-state index in [2.05, 4.69) is 4.72 Å². The second-order valence-electron chi connectivity index (χ2n) is 6.29. The molecule has 0 aliphatic heterocycles. The van der Waals surface area contributed by atoms with E-state index in [-0.39, 0.29) is 10.6 Å². The molecule has 28 heavy (non-hydrogen) atoms. The maximum Gasteiger partial charge on any atom is 0.244 e. The highest BCUT2D eigenvalue weighted by Gasteiger charge is 2.25. The molecule has 0 fully saturated rings. The fourth-order valence-corrected chi connectivity index (χ4v) is 4.42. The third kappa shape index (κ3) is 4.71. The van der Waals surface area contributed by atoms with Crippen LogP contribution in [0, 0.1) is 0 Å². The summed E-state index contributed by atoms with van der Waals surface area (Å²) in [6.07, 6.45) is 0.524. The molecule has 0 radical (unpaired) electrons. The molecule has 3 rings (SSSR count). The average molecular weight is 397 g/mol. The first-order valence-electron chi connectivity index (χ1n) is 8.86. The predicted molar refractivity (Wildman–Crippen MR) is 109 cm³/mol. The van der Waals surface area contributed by atoms with Gasteiger partial charge in [-0.2, -0.15) is 0 Å². The molecule has 1 unspecified atom stereocenters. The molecule has 3 aromatic rings. The normalized spacial score (nSPS) is 12.4. The lowest BCUT2D eigenvalue weighted by molar-refractivity contribution is 0.391. The van der Waals surface area contributed by atoms with Crippen molar-refractivity contribution in [1.29, 1.82) is 0 Å². The Morgan fingerprint density at radius 1 is 0.857 bits per heavy atom. The van der Waals surface area contributed by atoms with Gasteiger partial charge < -0.3 is 9.47 Å². The van der Waals surface area contributed by atoms with Gasteiger partial charge >= 0.3 is 0 Å². The minimum Gasteiger partial charge on any atom is -0.497 e. The topological polar surface area (TPSA) is 64.6 Å². The van der Waals surface area contributed by atoms with Gasteiger partial charge in [-0.25, -0.2) is 13.1 Å². The van der Waals surface area contributed by atoms with Gasteiger partial charge in [0.25, 0.3) is 0 Å². The van der Waals surface area contributed by atoms with Crippen molar-refractivity contribution in [2.45, 2.75) is 17.4 Å². The third-order valence-corrected chi connectivity index (χ3v) is 5.94. The molecule has 0 bridgehead atoms. The van der Waals surface area contributed by atoms with Crippen LogP contribution in [0.2, 0.25) is 0 Å². The molecule has 0 amide bonds. The van der Waals surface area contributed by atoms with Crippen LogP contribution in [-0.4, -0.2) is 22.6 Å². The highest BCUT2D eigenvalue weighted by molar-refractivity contribution is 7.89. The molecule has 0 aliphatic rings. The van der Waals surface area contributed by atoms with Crippen molar-refractivity contribution in [2.24, 2.45) is 0 Å². The molecule has 0 saturated heterocycles. The summed E-state index contributed by atoms with van der Waals surface area (Å²) in [6, 6.07) is 23.6. The van der Waals surface area contributed by atoms with Crippen LogP contribution in [0.15, 0.2) is 83.8 Å². The average Bonchev–Trinajstić information content (AvgIpc) is 2.74. The van der Waals surface area contributed by atoms with Crippen molar-refractivity contribution >= 4 is 10.0 Å². The Labute approximate surface area is 166 Å². The van der Waals surface area contributed by atoms with Gasteiger partial charge in [-0.3, -0.25) is 0 Å². The molecule has 6 heteroatoms. The van der Waals surface area contributed by atoms with E-state index in [1.54, 1.807) is 12.1 Å². The first kappa shape index (κ1) is 19.9. The molecule has 5 nitrogen and oxygen atoms in total. The smallest absolute Gasteiger partial charge is 0.244 e. The van der Waals surface area contributed by atoms with Gasteiger partial charge in [0.15, 0.2) is 0 Å². The Kier molecular flexibility index (Phi) is 6.34. The Morgan fingerprint density at radius 3 is 2.11 bits per heavy atom. The predicted octanol–water partition coefficient (Wildman–Crippen LogP) is 3.97. The maximum absolute atomic E-state index is 13.2. The van der Waals surface area contributed by atoms with Crippen molar-refractivity contribution in [1.82, 2.24) is 4.72 Å². The van der Waals surface area contributed by atoms with Crippen LogP contribution in [0.3, 0.4) is 0 Å². The van der Waals surface area contributed by atoms with E-state index in [0.717, 1.165) is 11.1 Å². The monoisotopic (exact) mass is 397 g/mol. The lowest BCUT2D eigenvalue weighted by Gasteiger charge is -2.20. The molecule has 0 aromatic heterocycles. The van der Waals surface area contributed by atoms with Gasteiger partial charge in [0.1, 0.15) is 16.4 Å². The Hall–Kier alpha value is -2.83. The number of hydrogen-bond acceptors (Lipinski definition) is 4. The minimum absolute atomic E-state index is 0.0448. The van der Waals surface area contributed by atoms with Crippen LogP contribution in [-0.2, 0) is 16.4 Å². The lowest BCUT2D eigenvalue weighted by atomic mass is 10.00. The summed E-state index contributed by atoms with van der Waals surface area (Å²) in [7, 11) is -0.920. The molecule has 0 aliphatic carbocycles. The quantitative estimate of drug-likeness (QED) is 0.625. The summed E-state index contributed by atoms with van der Waals surface area (Å²) in [5.74, 6) is 0.709. The number of rotatable bonds is 8. The molecule has 146 valence electrons. The van der Waals surface area contributed by atoms with E-state index in [9.17, 15) is 8.42 Å². The summed E-state index contributed by atoms with van der Waals surface area (Å²) < 4.78 is 39.7. The van der Waals surface area contributed by atoms with Crippen molar-refractivity contribution in [3.8, 4) is 11.5 Å². The SMILES string of the molecule is COc1ccc(OC)c(S(=O)(=O)NC(Cc2ccccc2)c2ccccc2)c1. The fraction of sp³-hybridized carbons (Fsp3) is 0.182. The van der Waals surface area contributed by atoms with Gasteiger partial charge in [-0.1, -0.05) is 60.7 Å². The van der Waals surface area contributed by atoms with E-state index in [1.165, 1.54) is 20.3 Å². The summed E-state index contributed by atoms with van der Waals surface area (Å²) in [4.78, 5) is 0.0448. The van der Waals surface area contributed by atoms with Crippen LogP contribution in [0.5, 0.6) is 11.5 Å². The second-order valence-corrected chi connectivity index (χ2v) is 7.97. The Bertz CT molecular complexity index is 1010. The largest absolute Gasteiger partial charge is 0.497 e. The van der Waals surface area contributed by atoms with E-state index in [4.69, 9.17) is 9.47 Å². The molecule has 1 atom stereocenters. The number of methoxy groups -OCH3 is 2. The van der Waals surface area contributed by atoms with Gasteiger partial charge in [-0.05, 0) is 29.7 Å². The molecule has 0 heterocycles. The van der Waals surface area contributed by atoms with Crippen molar-refractivity contribution in [3.63, 3.8) is 0 Å². The summed E-state index contributed by atoms with van der Waals surface area (Å²) in [5, 5.41) is 0. The van der Waals surface area contributed by atoms with E-state index in [1.807, 2.05) is 60.7 Å². The van der Waals surface area contributed by atoms with Crippen molar-refractivity contribution < 1.29 is 17.9 Å². The van der Waals surface area contributed by atoms with E-state index >= 15 is 0 Å². The number of sulfonamides is 1. The maximum atomic E-state index is 13.2. The molecule has 0 spiro atoms. The second kappa shape index (κ2) is 8.91. The summed E-state index contributed by atoms with van der Waals surface area (Å²) >= 11 is 0. The zero-order valence-electron chi connectivity index (χ0n) is 15.8. The zero-order valence-corrected chi connectivity index (χ0v) is 16.6. The van der Waals surface area contributed by atoms with Crippen LogP contribution >= 0.6 is 0 Å². The number of benzene rings is 3. The first-order chi connectivity index (χ1) is 13.5. The molecular weight excluding hydrogens is 374 g/mol. The van der Waals surface area contributed by atoms with Crippen LogP contribution in [0.1, 0.15) is 17.2 Å². The van der Waals surface area contributed by atoms with Gasteiger partial charge in [-0.15, -0.1) is 0 Å². The Morgan fingerprint density at radius 2 is 1.50 bits per heavy atom. The minimum atomic E-state index is -3.86.